The summed E-state index contributed by atoms with van der Waals surface area (Å²) in [6, 6.07) is 6.34. The van der Waals surface area contributed by atoms with E-state index in [-0.39, 0.29) is 50.2 Å². The number of aliphatic carboxylic acids is 1. The lowest BCUT2D eigenvalue weighted by Crippen LogP contribution is -2.60. The number of carboxylic acid groups (broad SMARTS) is 1. The molecule has 0 aliphatic rings. The number of H-pyrrole nitrogens is 1. The number of imidazole rings is 1. The van der Waals surface area contributed by atoms with Gasteiger partial charge in [-0.15, -0.1) is 0 Å². The van der Waals surface area contributed by atoms with Crippen molar-refractivity contribution in [2.75, 3.05) is 12.0 Å². The number of rotatable bonds is 29. The fourth-order valence-corrected chi connectivity index (χ4v) is 7.26. The molecule has 2 aromatic carbocycles. The highest BCUT2D eigenvalue weighted by molar-refractivity contribution is 7.98. The standard InChI is InChI=1S/C45H64N10O10S/c1-5-6-12-32(50-40(60)31(46)20-28-13-15-30(56)16-14-28)41(61)54-36(21-27-10-8-7-9-11-27)44(64)55-37(22-29-24-48-25-49-29)45(65)53-35(19-26(2)3)43(63)51-33(17-18-66-4)42(62)52-34(39(47)59)23-38(57)58/h7-11,13-16,24-26,31-37,56H,5-6,12,17-23,46H2,1-4H3,(H2,47,59)(H,48,49)(H,50,60)(H,51,63)(H,52,62)(H,53,65)(H,54,61)(H,55,64)(H,57,58)/t31-,32+,33-,34-,35-,36-,37-/m0/s1. The first-order chi connectivity index (χ1) is 31.4. The first kappa shape index (κ1) is 53.9. The molecule has 7 amide bonds. The van der Waals surface area contributed by atoms with Gasteiger partial charge in [-0.1, -0.05) is 76.1 Å². The summed E-state index contributed by atoms with van der Waals surface area (Å²) in [5.74, 6) is -6.55. The Morgan fingerprint density at radius 1 is 0.682 bits per heavy atom. The monoisotopic (exact) mass is 936 g/mol. The van der Waals surface area contributed by atoms with Crippen LogP contribution in [0.2, 0.25) is 0 Å². The molecule has 0 saturated heterocycles. The van der Waals surface area contributed by atoms with Gasteiger partial charge in [-0.2, -0.15) is 11.8 Å². The number of aromatic nitrogens is 2. The van der Waals surface area contributed by atoms with Gasteiger partial charge in [0.2, 0.25) is 41.4 Å². The molecule has 1 aromatic heterocycles. The van der Waals surface area contributed by atoms with Crippen LogP contribution in [0.5, 0.6) is 5.75 Å². The molecular weight excluding hydrogens is 873 g/mol. The average molecular weight is 937 g/mol. The number of aromatic amines is 1. The summed E-state index contributed by atoms with van der Waals surface area (Å²) in [4.78, 5) is 114. The number of hydrogen-bond acceptors (Lipinski definition) is 12. The van der Waals surface area contributed by atoms with Crippen LogP contribution in [-0.2, 0) is 57.6 Å². The van der Waals surface area contributed by atoms with Crippen molar-refractivity contribution in [1.82, 2.24) is 41.9 Å². The van der Waals surface area contributed by atoms with Crippen molar-refractivity contribution >= 4 is 59.1 Å². The lowest BCUT2D eigenvalue weighted by atomic mass is 10.0. The second-order valence-electron chi connectivity index (χ2n) is 16.4. The number of carboxylic acids is 1. The number of phenolic OH excluding ortho intramolecular Hbond substituents is 1. The molecule has 0 unspecified atom stereocenters. The van der Waals surface area contributed by atoms with E-state index in [1.807, 2.05) is 20.8 Å². The summed E-state index contributed by atoms with van der Waals surface area (Å²) in [6.07, 6.45) is 5.52. The van der Waals surface area contributed by atoms with Gasteiger partial charge in [0.15, 0.2) is 0 Å². The fraction of sp³-hybridized carbons (Fsp3) is 0.489. The highest BCUT2D eigenvalue weighted by atomic mass is 32.2. The van der Waals surface area contributed by atoms with Gasteiger partial charge in [0.05, 0.1) is 18.8 Å². The summed E-state index contributed by atoms with van der Waals surface area (Å²) >= 11 is 1.37. The van der Waals surface area contributed by atoms with E-state index in [0.717, 1.165) is 0 Å². The zero-order chi connectivity index (χ0) is 48.8. The van der Waals surface area contributed by atoms with Crippen molar-refractivity contribution in [3.63, 3.8) is 0 Å². The second kappa shape index (κ2) is 27.8. The topological polar surface area (TPSA) is 330 Å². The molecule has 3 rings (SSSR count). The van der Waals surface area contributed by atoms with Crippen LogP contribution in [0.15, 0.2) is 67.1 Å². The number of nitrogens with zero attached hydrogens (tertiary/aromatic N) is 1. The Kier molecular flexibility index (Phi) is 22.6. The summed E-state index contributed by atoms with van der Waals surface area (Å²) in [6.45, 7) is 5.55. The predicted octanol–water partition coefficient (Wildman–Crippen LogP) is 0.329. The number of nitrogens with one attached hydrogen (secondary N) is 7. The molecule has 0 fully saturated rings. The van der Waals surface area contributed by atoms with Crippen LogP contribution >= 0.6 is 11.8 Å². The number of aromatic hydroxyl groups is 1. The third kappa shape index (κ3) is 18.9. The van der Waals surface area contributed by atoms with Crippen molar-refractivity contribution in [2.24, 2.45) is 17.4 Å². The van der Waals surface area contributed by atoms with Crippen LogP contribution < -0.4 is 43.4 Å². The third-order valence-electron chi connectivity index (χ3n) is 10.4. The van der Waals surface area contributed by atoms with Gasteiger partial charge in [-0.3, -0.25) is 38.4 Å². The second-order valence-corrected chi connectivity index (χ2v) is 17.4. The molecule has 7 atom stereocenters. The van der Waals surface area contributed by atoms with Crippen LogP contribution in [0.1, 0.15) is 76.1 Å². The van der Waals surface area contributed by atoms with Gasteiger partial charge in [-0.25, -0.2) is 4.98 Å². The Balaban J connectivity index is 1.89. The van der Waals surface area contributed by atoms with Gasteiger partial charge in [0.1, 0.15) is 42.0 Å². The smallest absolute Gasteiger partial charge is 0.305 e. The number of hydrogen-bond donors (Lipinski definition) is 11. The van der Waals surface area contributed by atoms with E-state index in [2.05, 4.69) is 41.9 Å². The van der Waals surface area contributed by atoms with E-state index in [9.17, 15) is 48.6 Å². The van der Waals surface area contributed by atoms with E-state index in [0.29, 0.717) is 35.4 Å². The molecular formula is C45H64N10O10S. The molecule has 66 heavy (non-hydrogen) atoms. The number of carbonyl (C=O) groups is 8. The Morgan fingerprint density at radius 3 is 1.74 bits per heavy atom. The molecule has 21 heteroatoms. The third-order valence-corrected chi connectivity index (χ3v) is 11.0. The van der Waals surface area contributed by atoms with Crippen molar-refractivity contribution < 1.29 is 48.6 Å². The number of primary amides is 1. The number of benzene rings is 2. The number of nitrogens with two attached hydrogens (primary N) is 2. The van der Waals surface area contributed by atoms with Crippen molar-refractivity contribution in [3.05, 3.63) is 83.9 Å². The van der Waals surface area contributed by atoms with E-state index in [4.69, 9.17) is 11.5 Å². The molecule has 0 bridgehead atoms. The Labute approximate surface area is 388 Å². The molecule has 0 aliphatic carbocycles. The maximum atomic E-state index is 14.4. The molecule has 0 aliphatic heterocycles. The maximum absolute atomic E-state index is 14.4. The minimum Gasteiger partial charge on any atom is -0.508 e. The highest BCUT2D eigenvalue weighted by Crippen LogP contribution is 2.13. The van der Waals surface area contributed by atoms with Crippen LogP contribution in [0.25, 0.3) is 0 Å². The first-order valence-electron chi connectivity index (χ1n) is 21.8. The van der Waals surface area contributed by atoms with Gasteiger partial charge >= 0.3 is 5.97 Å². The first-order valence-corrected chi connectivity index (χ1v) is 23.2. The van der Waals surface area contributed by atoms with Crippen LogP contribution in [0.3, 0.4) is 0 Å². The Bertz CT molecular complexity index is 2060. The average Bonchev–Trinajstić information content (AvgIpc) is 3.79. The van der Waals surface area contributed by atoms with E-state index in [1.54, 1.807) is 48.7 Å². The Morgan fingerprint density at radius 2 is 1.20 bits per heavy atom. The molecule has 0 radical (unpaired) electrons. The summed E-state index contributed by atoms with van der Waals surface area (Å²) in [5.41, 5.74) is 13.4. The number of phenols is 1. The number of unbranched alkanes of at least 4 members (excludes halogenated alkanes) is 1. The minimum atomic E-state index is -1.54. The predicted molar refractivity (Wildman–Crippen MR) is 247 cm³/mol. The molecule has 3 aromatic rings. The summed E-state index contributed by atoms with van der Waals surface area (Å²) in [5, 5.41) is 34.8. The highest BCUT2D eigenvalue weighted by Gasteiger charge is 2.34. The normalized spacial score (nSPS) is 14.3. The van der Waals surface area contributed by atoms with Crippen molar-refractivity contribution in [3.8, 4) is 5.75 Å². The largest absolute Gasteiger partial charge is 0.508 e. The van der Waals surface area contributed by atoms with E-state index < -0.39 is 96.0 Å². The summed E-state index contributed by atoms with van der Waals surface area (Å²) < 4.78 is 0. The lowest BCUT2D eigenvalue weighted by Gasteiger charge is -2.28. The SMILES string of the molecule is CCCC[C@@H](NC(=O)[C@@H](N)Cc1ccc(O)cc1)C(=O)N[C@@H](Cc1ccccc1)C(=O)N[C@@H](Cc1cnc[nH]1)C(=O)N[C@@H](CC(C)C)C(=O)N[C@@H](CCSC)C(=O)N[C@@H](CC(=O)O)C(N)=O. The quantitative estimate of drug-likeness (QED) is 0.0448. The molecule has 0 saturated carbocycles. The fourth-order valence-electron chi connectivity index (χ4n) is 6.79. The zero-order valence-electron chi connectivity index (χ0n) is 37.7. The molecule has 20 nitrogen and oxygen atoms in total. The number of amides is 7. The van der Waals surface area contributed by atoms with E-state index >= 15 is 0 Å². The van der Waals surface area contributed by atoms with E-state index in [1.165, 1.54) is 36.4 Å². The van der Waals surface area contributed by atoms with Crippen molar-refractivity contribution in [2.45, 2.75) is 121 Å². The van der Waals surface area contributed by atoms with Gasteiger partial charge < -0.3 is 58.6 Å². The minimum absolute atomic E-state index is 0.00737. The van der Waals surface area contributed by atoms with Crippen LogP contribution in [0.4, 0.5) is 0 Å². The number of thioether (sulfide) groups is 1. The molecule has 0 spiro atoms. The zero-order valence-corrected chi connectivity index (χ0v) is 38.5. The Hall–Kier alpha value is -6.48. The molecule has 1 heterocycles. The van der Waals surface area contributed by atoms with Gasteiger partial charge in [0.25, 0.3) is 0 Å². The van der Waals surface area contributed by atoms with Crippen molar-refractivity contribution in [1.29, 1.82) is 0 Å². The maximum Gasteiger partial charge on any atom is 0.305 e. The molecule has 13 N–H and O–H groups in total. The van der Waals surface area contributed by atoms with Crippen LogP contribution in [0, 0.1) is 5.92 Å². The van der Waals surface area contributed by atoms with Gasteiger partial charge in [-0.05, 0) is 66.9 Å². The lowest BCUT2D eigenvalue weighted by molar-refractivity contribution is -0.140. The number of carbonyl (C=O) groups excluding carboxylic acids is 7. The summed E-state index contributed by atoms with van der Waals surface area (Å²) in [7, 11) is 0. The van der Waals surface area contributed by atoms with Gasteiger partial charge in [0, 0.05) is 24.7 Å². The molecule has 360 valence electrons. The van der Waals surface area contributed by atoms with Crippen LogP contribution in [-0.4, -0.2) is 122 Å².